The quantitative estimate of drug-likeness (QED) is 0.244. The fourth-order valence-corrected chi connectivity index (χ4v) is 1.73. The van der Waals surface area contributed by atoms with Gasteiger partial charge in [0.25, 0.3) is 0 Å². The molecule has 0 unspecified atom stereocenters. The molecule has 0 amide bonds. The van der Waals surface area contributed by atoms with Gasteiger partial charge >= 0.3 is 0 Å². The number of oxime groups is 1. The molecular formula is C14H22FN3O. The Morgan fingerprint density at radius 2 is 2.16 bits per heavy atom. The lowest BCUT2D eigenvalue weighted by atomic mass is 9.86. The zero-order valence-electron chi connectivity index (χ0n) is 11.7. The van der Waals surface area contributed by atoms with Gasteiger partial charge in [0.1, 0.15) is 11.7 Å². The molecule has 0 saturated carbocycles. The third-order valence-corrected chi connectivity index (χ3v) is 3.28. The van der Waals surface area contributed by atoms with Crippen molar-refractivity contribution >= 4 is 11.5 Å². The van der Waals surface area contributed by atoms with Gasteiger partial charge in [0.15, 0.2) is 0 Å². The number of hydrogen-bond acceptors (Lipinski definition) is 3. The van der Waals surface area contributed by atoms with Gasteiger partial charge in [-0.3, -0.25) is 0 Å². The summed E-state index contributed by atoms with van der Waals surface area (Å²) in [6.45, 7) is 6.30. The Labute approximate surface area is 113 Å². The zero-order chi connectivity index (χ0) is 14.5. The van der Waals surface area contributed by atoms with Gasteiger partial charge < -0.3 is 16.3 Å². The van der Waals surface area contributed by atoms with Crippen LogP contribution < -0.4 is 11.1 Å². The predicted molar refractivity (Wildman–Crippen MR) is 76.1 cm³/mol. The molecule has 0 aromatic heterocycles. The predicted octanol–water partition coefficient (Wildman–Crippen LogP) is 3.10. The number of nitrogens with one attached hydrogen (secondary N) is 1. The number of rotatable bonds is 6. The lowest BCUT2D eigenvalue weighted by Crippen LogP contribution is -2.32. The first kappa shape index (κ1) is 15.3. The Bertz CT molecular complexity index is 458. The summed E-state index contributed by atoms with van der Waals surface area (Å²) < 4.78 is 13.3. The average Bonchev–Trinajstić information content (AvgIpc) is 2.37. The first-order valence-electron chi connectivity index (χ1n) is 6.35. The molecule has 0 aliphatic heterocycles. The summed E-state index contributed by atoms with van der Waals surface area (Å²) in [7, 11) is 0. The zero-order valence-corrected chi connectivity index (χ0v) is 11.7. The van der Waals surface area contributed by atoms with Crippen LogP contribution >= 0.6 is 0 Å². The second kappa shape index (κ2) is 6.41. The van der Waals surface area contributed by atoms with E-state index in [0.717, 1.165) is 18.5 Å². The Morgan fingerprint density at radius 3 is 2.74 bits per heavy atom. The molecular weight excluding hydrogens is 245 g/mol. The molecule has 0 aliphatic carbocycles. The lowest BCUT2D eigenvalue weighted by molar-refractivity contribution is 0.305. The van der Waals surface area contributed by atoms with Crippen LogP contribution in [0.15, 0.2) is 23.4 Å². The Hall–Kier alpha value is -1.78. The van der Waals surface area contributed by atoms with Crippen molar-refractivity contribution in [2.24, 2.45) is 16.3 Å². The molecule has 0 aliphatic rings. The van der Waals surface area contributed by atoms with Crippen LogP contribution in [0.1, 0.15) is 32.3 Å². The van der Waals surface area contributed by atoms with E-state index in [0.29, 0.717) is 12.1 Å². The first-order chi connectivity index (χ1) is 8.86. The van der Waals surface area contributed by atoms with E-state index >= 15 is 0 Å². The summed E-state index contributed by atoms with van der Waals surface area (Å²) in [6, 6.07) is 5.09. The second-order valence-electron chi connectivity index (χ2n) is 5.36. The van der Waals surface area contributed by atoms with Crippen LogP contribution in [0.25, 0.3) is 0 Å². The van der Waals surface area contributed by atoms with Crippen molar-refractivity contribution in [3.63, 3.8) is 0 Å². The minimum Gasteiger partial charge on any atom is -0.409 e. The van der Waals surface area contributed by atoms with Gasteiger partial charge in [-0.15, -0.1) is 0 Å². The van der Waals surface area contributed by atoms with Crippen LogP contribution in [0.2, 0.25) is 0 Å². The smallest absolute Gasteiger partial charge is 0.144 e. The summed E-state index contributed by atoms with van der Waals surface area (Å²) in [6.07, 6.45) is 1.63. The molecule has 0 spiro atoms. The Morgan fingerprint density at radius 1 is 1.47 bits per heavy atom. The summed E-state index contributed by atoms with van der Waals surface area (Å²) in [4.78, 5) is 0. The standard InChI is InChI=1S/C14H22FN3O/c1-10-5-6-11(9-12(10)15)17-8-4-7-14(2,3)13(16)18-19/h5-6,9,17,19H,4,7-8H2,1-3H3,(H2,16,18). The highest BCUT2D eigenvalue weighted by atomic mass is 19.1. The van der Waals surface area contributed by atoms with Crippen LogP contribution in [0.4, 0.5) is 10.1 Å². The van der Waals surface area contributed by atoms with E-state index in [1.165, 1.54) is 6.07 Å². The van der Waals surface area contributed by atoms with Crippen LogP contribution in [0.3, 0.4) is 0 Å². The normalized spacial score (nSPS) is 12.5. The van der Waals surface area contributed by atoms with Crippen molar-refractivity contribution in [2.45, 2.75) is 33.6 Å². The van der Waals surface area contributed by atoms with Crippen LogP contribution in [-0.4, -0.2) is 17.6 Å². The van der Waals surface area contributed by atoms with Gasteiger partial charge in [0.05, 0.1) is 0 Å². The van der Waals surface area contributed by atoms with E-state index < -0.39 is 0 Å². The molecule has 0 radical (unpaired) electrons. The van der Waals surface area contributed by atoms with Crippen molar-refractivity contribution in [2.75, 3.05) is 11.9 Å². The molecule has 19 heavy (non-hydrogen) atoms. The van der Waals surface area contributed by atoms with Crippen molar-refractivity contribution in [1.82, 2.24) is 0 Å². The molecule has 1 aromatic rings. The van der Waals surface area contributed by atoms with Crippen LogP contribution in [0.5, 0.6) is 0 Å². The van der Waals surface area contributed by atoms with Crippen molar-refractivity contribution in [3.05, 3.63) is 29.6 Å². The van der Waals surface area contributed by atoms with E-state index in [1.807, 2.05) is 19.9 Å². The fraction of sp³-hybridized carbons (Fsp3) is 0.500. The number of halogens is 1. The monoisotopic (exact) mass is 267 g/mol. The fourth-order valence-electron chi connectivity index (χ4n) is 1.73. The number of amidine groups is 1. The molecule has 4 N–H and O–H groups in total. The molecule has 106 valence electrons. The van der Waals surface area contributed by atoms with Gasteiger partial charge in [-0.1, -0.05) is 25.1 Å². The maximum absolute atomic E-state index is 13.3. The van der Waals surface area contributed by atoms with E-state index in [2.05, 4.69) is 10.5 Å². The van der Waals surface area contributed by atoms with E-state index in [1.54, 1.807) is 13.0 Å². The minimum atomic E-state index is -0.338. The topological polar surface area (TPSA) is 70.6 Å². The third kappa shape index (κ3) is 4.43. The van der Waals surface area contributed by atoms with Gasteiger partial charge in [-0.2, -0.15) is 0 Å². The van der Waals surface area contributed by atoms with Gasteiger partial charge in [-0.05, 0) is 37.5 Å². The number of nitrogens with zero attached hydrogens (tertiary/aromatic N) is 1. The molecule has 5 heteroatoms. The molecule has 0 heterocycles. The number of nitrogens with two attached hydrogens (primary N) is 1. The third-order valence-electron chi connectivity index (χ3n) is 3.28. The van der Waals surface area contributed by atoms with Gasteiger partial charge in [0, 0.05) is 17.6 Å². The van der Waals surface area contributed by atoms with Crippen LogP contribution in [-0.2, 0) is 0 Å². The molecule has 4 nitrogen and oxygen atoms in total. The van der Waals surface area contributed by atoms with Crippen molar-refractivity contribution in [1.29, 1.82) is 0 Å². The number of benzene rings is 1. The molecule has 0 atom stereocenters. The van der Waals surface area contributed by atoms with E-state index in [9.17, 15) is 4.39 Å². The average molecular weight is 267 g/mol. The summed E-state index contributed by atoms with van der Waals surface area (Å²) in [5.41, 5.74) is 6.68. The molecule has 1 rings (SSSR count). The summed E-state index contributed by atoms with van der Waals surface area (Å²) in [5.74, 6) is 0.0240. The SMILES string of the molecule is Cc1ccc(NCCCC(C)(C)C(N)=NO)cc1F. The maximum Gasteiger partial charge on any atom is 0.144 e. The molecule has 0 saturated heterocycles. The highest BCUT2D eigenvalue weighted by Gasteiger charge is 2.22. The highest BCUT2D eigenvalue weighted by molar-refractivity contribution is 5.85. The highest BCUT2D eigenvalue weighted by Crippen LogP contribution is 2.22. The summed E-state index contributed by atoms with van der Waals surface area (Å²) in [5, 5.41) is 14.9. The number of anilines is 1. The minimum absolute atomic E-state index is 0.206. The van der Waals surface area contributed by atoms with E-state index in [4.69, 9.17) is 10.9 Å². The number of aryl methyl sites for hydroxylation is 1. The van der Waals surface area contributed by atoms with Crippen LogP contribution in [0, 0.1) is 18.2 Å². The molecule has 1 aromatic carbocycles. The van der Waals surface area contributed by atoms with Gasteiger partial charge in [-0.25, -0.2) is 4.39 Å². The largest absolute Gasteiger partial charge is 0.409 e. The Kier molecular flexibility index (Phi) is 5.15. The maximum atomic E-state index is 13.3. The van der Waals surface area contributed by atoms with Crippen molar-refractivity contribution in [3.8, 4) is 0 Å². The van der Waals surface area contributed by atoms with Gasteiger partial charge in [0.2, 0.25) is 0 Å². The van der Waals surface area contributed by atoms with E-state index in [-0.39, 0.29) is 17.1 Å². The molecule has 0 fully saturated rings. The second-order valence-corrected chi connectivity index (χ2v) is 5.36. The summed E-state index contributed by atoms with van der Waals surface area (Å²) >= 11 is 0. The Balaban J connectivity index is 2.41. The molecule has 0 bridgehead atoms. The lowest BCUT2D eigenvalue weighted by Gasteiger charge is -2.22. The van der Waals surface area contributed by atoms with Crippen molar-refractivity contribution < 1.29 is 9.60 Å². The first-order valence-corrected chi connectivity index (χ1v) is 6.35. The number of hydrogen-bond donors (Lipinski definition) is 3.